The quantitative estimate of drug-likeness (QED) is 0.609. The van der Waals surface area contributed by atoms with E-state index in [2.05, 4.69) is 27.6 Å². The van der Waals surface area contributed by atoms with Crippen molar-refractivity contribution in [3.8, 4) is 0 Å². The van der Waals surface area contributed by atoms with Gasteiger partial charge in [-0.1, -0.05) is 0 Å². The van der Waals surface area contributed by atoms with Crippen LogP contribution in [-0.4, -0.2) is 23.3 Å². The average Bonchev–Trinajstić information content (AvgIpc) is 2.38. The molecule has 0 spiro atoms. The second kappa shape index (κ2) is 6.29. The number of aromatic nitrogens is 2. The molecule has 0 N–H and O–H groups in total. The van der Waals surface area contributed by atoms with Crippen molar-refractivity contribution in [2.45, 2.75) is 19.4 Å². The first kappa shape index (κ1) is 13.5. The van der Waals surface area contributed by atoms with Gasteiger partial charge in [-0.05, 0) is 53.6 Å². The second-order valence-electron chi connectivity index (χ2n) is 4.10. The summed E-state index contributed by atoms with van der Waals surface area (Å²) in [6, 6.07) is 5.73. The monoisotopic (exact) mass is 358 g/mol. The summed E-state index contributed by atoms with van der Waals surface area (Å²) >= 11 is 2.20. The SMILES string of the molecule is COCCCCn1cnc2ccc(I)cc2c1=O. The van der Waals surface area contributed by atoms with Gasteiger partial charge in [0.05, 0.1) is 17.2 Å². The van der Waals surface area contributed by atoms with Gasteiger partial charge in [-0.15, -0.1) is 0 Å². The summed E-state index contributed by atoms with van der Waals surface area (Å²) in [5.41, 5.74) is 0.796. The van der Waals surface area contributed by atoms with Crippen LogP contribution in [0.3, 0.4) is 0 Å². The van der Waals surface area contributed by atoms with E-state index in [1.807, 2.05) is 18.2 Å². The van der Waals surface area contributed by atoms with Crippen molar-refractivity contribution in [3.05, 3.63) is 38.5 Å². The van der Waals surface area contributed by atoms with Crippen LogP contribution in [0.4, 0.5) is 0 Å². The molecule has 0 bridgehead atoms. The summed E-state index contributed by atoms with van der Waals surface area (Å²) in [5.74, 6) is 0. The summed E-state index contributed by atoms with van der Waals surface area (Å²) < 4.78 is 7.72. The minimum absolute atomic E-state index is 0.0379. The van der Waals surface area contributed by atoms with Gasteiger partial charge in [0.25, 0.3) is 5.56 Å². The predicted molar refractivity (Wildman–Crippen MR) is 79.8 cm³/mol. The lowest BCUT2D eigenvalue weighted by Crippen LogP contribution is -2.20. The van der Waals surface area contributed by atoms with Gasteiger partial charge in [-0.3, -0.25) is 9.36 Å². The van der Waals surface area contributed by atoms with E-state index in [1.165, 1.54) is 0 Å². The average molecular weight is 358 g/mol. The summed E-state index contributed by atoms with van der Waals surface area (Å²) in [7, 11) is 1.69. The third-order valence-corrected chi connectivity index (χ3v) is 3.45. The summed E-state index contributed by atoms with van der Waals surface area (Å²) in [4.78, 5) is 16.5. The van der Waals surface area contributed by atoms with Crippen molar-refractivity contribution in [1.29, 1.82) is 0 Å². The minimum Gasteiger partial charge on any atom is -0.385 e. The Morgan fingerprint density at radius 1 is 1.39 bits per heavy atom. The second-order valence-corrected chi connectivity index (χ2v) is 5.35. The van der Waals surface area contributed by atoms with E-state index in [0.29, 0.717) is 11.9 Å². The van der Waals surface area contributed by atoms with Crippen LogP contribution < -0.4 is 5.56 Å². The molecule has 96 valence electrons. The van der Waals surface area contributed by atoms with Crippen molar-refractivity contribution >= 4 is 33.5 Å². The van der Waals surface area contributed by atoms with Crippen LogP contribution in [-0.2, 0) is 11.3 Å². The lowest BCUT2D eigenvalue weighted by atomic mass is 10.2. The number of hydrogen-bond acceptors (Lipinski definition) is 3. The Morgan fingerprint density at radius 3 is 3.00 bits per heavy atom. The van der Waals surface area contributed by atoms with Crippen LogP contribution in [0.1, 0.15) is 12.8 Å². The Hall–Kier alpha value is -0.950. The van der Waals surface area contributed by atoms with Crippen molar-refractivity contribution < 1.29 is 4.74 Å². The van der Waals surface area contributed by atoms with Crippen molar-refractivity contribution in [3.63, 3.8) is 0 Å². The number of hydrogen-bond donors (Lipinski definition) is 0. The number of unbranched alkanes of at least 4 members (excludes halogenated alkanes) is 1. The molecule has 2 rings (SSSR count). The molecule has 0 aliphatic carbocycles. The maximum absolute atomic E-state index is 12.2. The third-order valence-electron chi connectivity index (χ3n) is 2.78. The number of methoxy groups -OCH3 is 1. The minimum atomic E-state index is 0.0379. The van der Waals surface area contributed by atoms with Crippen molar-refractivity contribution in [2.75, 3.05) is 13.7 Å². The normalized spacial score (nSPS) is 11.0. The molecule has 2 aromatic rings. The molecule has 1 heterocycles. The van der Waals surface area contributed by atoms with Gasteiger partial charge in [-0.2, -0.15) is 0 Å². The molecule has 0 radical (unpaired) electrons. The smallest absolute Gasteiger partial charge is 0.261 e. The lowest BCUT2D eigenvalue weighted by molar-refractivity contribution is 0.191. The third kappa shape index (κ3) is 3.08. The highest BCUT2D eigenvalue weighted by Gasteiger charge is 2.04. The van der Waals surface area contributed by atoms with Crippen LogP contribution in [0.25, 0.3) is 10.9 Å². The topological polar surface area (TPSA) is 44.1 Å². The zero-order valence-electron chi connectivity index (χ0n) is 10.2. The van der Waals surface area contributed by atoms with E-state index in [9.17, 15) is 4.79 Å². The highest BCUT2D eigenvalue weighted by atomic mass is 127. The standard InChI is InChI=1S/C13H15IN2O2/c1-18-7-3-2-6-16-9-15-12-5-4-10(14)8-11(12)13(16)17/h4-5,8-9H,2-3,6-7H2,1H3. The molecule has 0 amide bonds. The molecular weight excluding hydrogens is 343 g/mol. The fourth-order valence-corrected chi connectivity index (χ4v) is 2.31. The number of fused-ring (bicyclic) bond motifs is 1. The molecule has 0 aliphatic heterocycles. The first-order chi connectivity index (χ1) is 8.72. The van der Waals surface area contributed by atoms with Crippen molar-refractivity contribution in [1.82, 2.24) is 9.55 Å². The van der Waals surface area contributed by atoms with E-state index in [1.54, 1.807) is 18.0 Å². The van der Waals surface area contributed by atoms with Crippen LogP contribution in [0.5, 0.6) is 0 Å². The largest absolute Gasteiger partial charge is 0.385 e. The maximum Gasteiger partial charge on any atom is 0.261 e. The molecule has 1 aromatic carbocycles. The predicted octanol–water partition coefficient (Wildman–Crippen LogP) is 2.43. The Kier molecular flexibility index (Phi) is 4.71. The zero-order chi connectivity index (χ0) is 13.0. The van der Waals surface area contributed by atoms with Crippen LogP contribution >= 0.6 is 22.6 Å². The number of nitrogens with zero attached hydrogens (tertiary/aromatic N) is 2. The molecule has 0 saturated carbocycles. The van der Waals surface area contributed by atoms with Crippen LogP contribution in [0.15, 0.2) is 29.3 Å². The van der Waals surface area contributed by atoms with Crippen LogP contribution in [0.2, 0.25) is 0 Å². The fourth-order valence-electron chi connectivity index (χ4n) is 1.82. The first-order valence-electron chi connectivity index (χ1n) is 5.86. The van der Waals surface area contributed by atoms with Gasteiger partial charge in [0.1, 0.15) is 0 Å². The molecule has 0 fully saturated rings. The van der Waals surface area contributed by atoms with Gasteiger partial charge >= 0.3 is 0 Å². The summed E-state index contributed by atoms with van der Waals surface area (Å²) in [6.45, 7) is 1.42. The first-order valence-corrected chi connectivity index (χ1v) is 6.94. The van der Waals surface area contributed by atoms with E-state index in [-0.39, 0.29) is 5.56 Å². The maximum atomic E-state index is 12.2. The highest BCUT2D eigenvalue weighted by molar-refractivity contribution is 14.1. The molecule has 5 heteroatoms. The number of ether oxygens (including phenoxy) is 1. The fraction of sp³-hybridized carbons (Fsp3) is 0.385. The van der Waals surface area contributed by atoms with E-state index < -0.39 is 0 Å². The van der Waals surface area contributed by atoms with Gasteiger partial charge in [0, 0.05) is 23.8 Å². The van der Waals surface area contributed by atoms with Gasteiger partial charge in [-0.25, -0.2) is 4.98 Å². The Morgan fingerprint density at radius 2 is 2.22 bits per heavy atom. The highest BCUT2D eigenvalue weighted by Crippen LogP contribution is 2.11. The molecule has 18 heavy (non-hydrogen) atoms. The molecule has 0 atom stereocenters. The molecule has 0 aliphatic rings. The van der Waals surface area contributed by atoms with Crippen molar-refractivity contribution in [2.24, 2.45) is 0 Å². The molecule has 0 saturated heterocycles. The molecular formula is C13H15IN2O2. The number of benzene rings is 1. The summed E-state index contributed by atoms with van der Waals surface area (Å²) in [6.07, 6.45) is 3.50. The Labute approximate surface area is 119 Å². The Balaban J connectivity index is 2.24. The van der Waals surface area contributed by atoms with E-state index in [0.717, 1.165) is 28.5 Å². The lowest BCUT2D eigenvalue weighted by Gasteiger charge is -2.06. The molecule has 0 unspecified atom stereocenters. The van der Waals surface area contributed by atoms with Crippen LogP contribution in [0, 0.1) is 3.57 Å². The zero-order valence-corrected chi connectivity index (χ0v) is 12.4. The van der Waals surface area contributed by atoms with Gasteiger partial charge in [0.2, 0.25) is 0 Å². The molecule has 4 nitrogen and oxygen atoms in total. The number of aryl methyl sites for hydroxylation is 1. The Bertz CT molecular complexity index is 595. The number of rotatable bonds is 5. The van der Waals surface area contributed by atoms with E-state index in [4.69, 9.17) is 4.74 Å². The van der Waals surface area contributed by atoms with Gasteiger partial charge < -0.3 is 4.74 Å². The summed E-state index contributed by atoms with van der Waals surface area (Å²) in [5, 5.41) is 0.691. The molecule has 1 aromatic heterocycles. The number of halogens is 1. The van der Waals surface area contributed by atoms with E-state index >= 15 is 0 Å². The van der Waals surface area contributed by atoms with Gasteiger partial charge in [0.15, 0.2) is 0 Å².